The number of halogens is 1. The first-order chi connectivity index (χ1) is 12.1. The number of rotatable bonds is 5. The van der Waals surface area contributed by atoms with Crippen LogP contribution in [0.2, 0.25) is 0 Å². The number of methoxy groups -OCH3 is 1. The molecule has 0 bridgehead atoms. The first-order valence-corrected chi connectivity index (χ1v) is 8.29. The summed E-state index contributed by atoms with van der Waals surface area (Å²) in [5.41, 5.74) is 1.17. The lowest BCUT2D eigenvalue weighted by atomic mass is 10.1. The summed E-state index contributed by atoms with van der Waals surface area (Å²) in [6.07, 6.45) is 1.65. The zero-order valence-electron chi connectivity index (χ0n) is 14.4. The molecule has 0 aliphatic carbocycles. The molecule has 2 heterocycles. The second-order valence-corrected chi connectivity index (χ2v) is 6.13. The molecule has 3 rings (SSSR count). The van der Waals surface area contributed by atoms with Crippen LogP contribution in [0.1, 0.15) is 17.4 Å². The minimum Gasteiger partial charge on any atom is -0.383 e. The third kappa shape index (κ3) is 3.96. The third-order valence-electron chi connectivity index (χ3n) is 4.34. The molecule has 134 valence electrons. The van der Waals surface area contributed by atoms with Gasteiger partial charge in [-0.2, -0.15) is 0 Å². The van der Waals surface area contributed by atoms with Crippen LogP contribution in [0.15, 0.2) is 30.5 Å². The van der Waals surface area contributed by atoms with E-state index in [1.165, 1.54) is 12.1 Å². The molecule has 1 amide bonds. The minimum atomic E-state index is -0.253. The van der Waals surface area contributed by atoms with Crippen LogP contribution in [0.3, 0.4) is 0 Å². The molecule has 1 aromatic heterocycles. The van der Waals surface area contributed by atoms with Crippen molar-refractivity contribution in [2.75, 3.05) is 38.3 Å². The Kier molecular flexibility index (Phi) is 5.28. The van der Waals surface area contributed by atoms with E-state index in [0.29, 0.717) is 38.5 Å². The molecule has 1 aliphatic rings. The van der Waals surface area contributed by atoms with Crippen LogP contribution in [0, 0.1) is 5.82 Å². The van der Waals surface area contributed by atoms with E-state index < -0.39 is 0 Å². The number of piperazine rings is 1. The van der Waals surface area contributed by atoms with Crippen LogP contribution in [0.4, 0.5) is 10.1 Å². The lowest BCUT2D eigenvalue weighted by Gasteiger charge is -2.40. The molecule has 1 aromatic carbocycles. The van der Waals surface area contributed by atoms with Gasteiger partial charge in [0.05, 0.1) is 19.3 Å². The molecule has 1 aliphatic heterocycles. The highest BCUT2D eigenvalue weighted by molar-refractivity contribution is 5.92. The van der Waals surface area contributed by atoms with E-state index in [9.17, 15) is 9.18 Å². The van der Waals surface area contributed by atoms with Crippen molar-refractivity contribution in [3.8, 4) is 0 Å². The normalized spacial score (nSPS) is 17.8. The van der Waals surface area contributed by atoms with Crippen LogP contribution < -0.4 is 4.90 Å². The molecule has 0 saturated carbocycles. The van der Waals surface area contributed by atoms with Crippen LogP contribution in [-0.4, -0.2) is 65.2 Å². The Balaban J connectivity index is 1.64. The average Bonchev–Trinajstić information content (AvgIpc) is 3.08. The maximum atomic E-state index is 13.4. The van der Waals surface area contributed by atoms with E-state index >= 15 is 0 Å². The van der Waals surface area contributed by atoms with Gasteiger partial charge >= 0.3 is 0 Å². The SMILES string of the molecule is COCCn1cc(C(=O)N2CCN(c3cccc(F)c3)CC2C)nn1. The van der Waals surface area contributed by atoms with Gasteiger partial charge in [0.1, 0.15) is 5.82 Å². The average molecular weight is 347 g/mol. The van der Waals surface area contributed by atoms with Crippen LogP contribution in [0.25, 0.3) is 0 Å². The van der Waals surface area contributed by atoms with E-state index in [1.807, 2.05) is 13.0 Å². The predicted octanol–water partition coefficient (Wildman–Crippen LogP) is 1.41. The summed E-state index contributed by atoms with van der Waals surface area (Å²) < 4.78 is 20.0. The van der Waals surface area contributed by atoms with Gasteiger partial charge in [-0.05, 0) is 25.1 Å². The van der Waals surface area contributed by atoms with Crippen LogP contribution in [0.5, 0.6) is 0 Å². The highest BCUT2D eigenvalue weighted by atomic mass is 19.1. The van der Waals surface area contributed by atoms with E-state index in [-0.39, 0.29) is 17.8 Å². The number of nitrogens with zero attached hydrogens (tertiary/aromatic N) is 5. The highest BCUT2D eigenvalue weighted by Crippen LogP contribution is 2.21. The molecule has 7 nitrogen and oxygen atoms in total. The van der Waals surface area contributed by atoms with E-state index in [0.717, 1.165) is 5.69 Å². The van der Waals surface area contributed by atoms with Crippen LogP contribution >= 0.6 is 0 Å². The zero-order chi connectivity index (χ0) is 17.8. The third-order valence-corrected chi connectivity index (χ3v) is 4.34. The monoisotopic (exact) mass is 347 g/mol. The van der Waals surface area contributed by atoms with Gasteiger partial charge in [0.2, 0.25) is 0 Å². The summed E-state index contributed by atoms with van der Waals surface area (Å²) in [6, 6.07) is 6.53. The molecular weight excluding hydrogens is 325 g/mol. The summed E-state index contributed by atoms with van der Waals surface area (Å²) in [5, 5.41) is 7.92. The standard InChI is InChI=1S/C17H22FN5O2/c1-13-11-21(15-5-3-4-14(18)10-15)6-7-23(13)17(24)16-12-22(20-19-16)8-9-25-2/h3-5,10,12-13H,6-9,11H2,1-2H3. The molecule has 1 saturated heterocycles. The Labute approximate surface area is 146 Å². The lowest BCUT2D eigenvalue weighted by molar-refractivity contribution is 0.0668. The number of amides is 1. The fourth-order valence-corrected chi connectivity index (χ4v) is 3.00. The Morgan fingerprint density at radius 2 is 2.24 bits per heavy atom. The number of aromatic nitrogens is 3. The molecule has 1 atom stereocenters. The molecule has 1 unspecified atom stereocenters. The Morgan fingerprint density at radius 1 is 1.40 bits per heavy atom. The maximum absolute atomic E-state index is 13.4. The molecule has 0 spiro atoms. The van der Waals surface area contributed by atoms with Gasteiger partial charge in [-0.3, -0.25) is 4.79 Å². The summed E-state index contributed by atoms with van der Waals surface area (Å²) in [4.78, 5) is 16.6. The topological polar surface area (TPSA) is 63.5 Å². The van der Waals surface area contributed by atoms with Gasteiger partial charge in [0.25, 0.3) is 5.91 Å². The maximum Gasteiger partial charge on any atom is 0.276 e. The van der Waals surface area contributed by atoms with Gasteiger partial charge in [0.15, 0.2) is 5.69 Å². The number of carbonyl (C=O) groups excluding carboxylic acids is 1. The predicted molar refractivity (Wildman–Crippen MR) is 91.0 cm³/mol. The van der Waals surface area contributed by atoms with Crippen molar-refractivity contribution < 1.29 is 13.9 Å². The van der Waals surface area contributed by atoms with Crippen molar-refractivity contribution in [2.24, 2.45) is 0 Å². The molecule has 2 aromatic rings. The Hall–Kier alpha value is -2.48. The second kappa shape index (κ2) is 7.60. The number of ether oxygens (including phenoxy) is 1. The largest absolute Gasteiger partial charge is 0.383 e. The van der Waals surface area contributed by atoms with E-state index in [1.54, 1.807) is 29.0 Å². The van der Waals surface area contributed by atoms with Gasteiger partial charge < -0.3 is 14.5 Å². The summed E-state index contributed by atoms with van der Waals surface area (Å²) >= 11 is 0. The summed E-state index contributed by atoms with van der Waals surface area (Å²) in [6.45, 7) is 4.91. The van der Waals surface area contributed by atoms with Crippen molar-refractivity contribution in [3.05, 3.63) is 42.0 Å². The summed E-state index contributed by atoms with van der Waals surface area (Å²) in [7, 11) is 1.61. The molecule has 1 fully saturated rings. The number of anilines is 1. The van der Waals surface area contributed by atoms with E-state index in [4.69, 9.17) is 4.74 Å². The number of hydrogen-bond acceptors (Lipinski definition) is 5. The van der Waals surface area contributed by atoms with Crippen molar-refractivity contribution in [1.82, 2.24) is 19.9 Å². The lowest BCUT2D eigenvalue weighted by Crippen LogP contribution is -2.54. The van der Waals surface area contributed by atoms with Crippen molar-refractivity contribution in [3.63, 3.8) is 0 Å². The molecule has 0 radical (unpaired) electrons. The number of carbonyl (C=O) groups is 1. The second-order valence-electron chi connectivity index (χ2n) is 6.13. The quantitative estimate of drug-likeness (QED) is 0.818. The van der Waals surface area contributed by atoms with Gasteiger partial charge in [-0.1, -0.05) is 11.3 Å². The smallest absolute Gasteiger partial charge is 0.276 e. The minimum absolute atomic E-state index is 0.00589. The first kappa shape index (κ1) is 17.3. The molecule has 8 heteroatoms. The molecule has 0 N–H and O–H groups in total. The number of benzene rings is 1. The number of hydrogen-bond donors (Lipinski definition) is 0. The van der Waals surface area contributed by atoms with Gasteiger partial charge in [0, 0.05) is 38.5 Å². The zero-order valence-corrected chi connectivity index (χ0v) is 14.4. The van der Waals surface area contributed by atoms with Gasteiger partial charge in [-0.25, -0.2) is 9.07 Å². The fourth-order valence-electron chi connectivity index (χ4n) is 3.00. The molecular formula is C17H22FN5O2. The van der Waals surface area contributed by atoms with Crippen molar-refractivity contribution >= 4 is 11.6 Å². The first-order valence-electron chi connectivity index (χ1n) is 8.29. The van der Waals surface area contributed by atoms with Crippen LogP contribution in [-0.2, 0) is 11.3 Å². The Morgan fingerprint density at radius 3 is 2.96 bits per heavy atom. The molecule has 25 heavy (non-hydrogen) atoms. The summed E-state index contributed by atoms with van der Waals surface area (Å²) in [5.74, 6) is -0.383. The highest BCUT2D eigenvalue weighted by Gasteiger charge is 2.29. The van der Waals surface area contributed by atoms with E-state index in [2.05, 4.69) is 15.2 Å². The fraction of sp³-hybridized carbons (Fsp3) is 0.471. The van der Waals surface area contributed by atoms with Crippen molar-refractivity contribution in [2.45, 2.75) is 19.5 Å². The Bertz CT molecular complexity index is 735. The van der Waals surface area contributed by atoms with Crippen molar-refractivity contribution in [1.29, 1.82) is 0 Å². The van der Waals surface area contributed by atoms with Gasteiger partial charge in [-0.15, -0.1) is 5.10 Å².